The van der Waals surface area contributed by atoms with Gasteiger partial charge in [-0.1, -0.05) is 30.7 Å². The molecule has 1 atom stereocenters. The number of carbonyl (C=O) groups is 3. The molecule has 1 unspecified atom stereocenters. The van der Waals surface area contributed by atoms with Crippen molar-refractivity contribution in [2.24, 2.45) is 0 Å². The van der Waals surface area contributed by atoms with Crippen LogP contribution in [0.25, 0.3) is 0 Å². The molecule has 3 rings (SSSR count). The highest BCUT2D eigenvalue weighted by Gasteiger charge is 2.51. The summed E-state index contributed by atoms with van der Waals surface area (Å²) in [6, 6.07) is 7.87. The number of hydrogen-bond donors (Lipinski definition) is 2. The quantitative estimate of drug-likeness (QED) is 0.411. The maximum atomic E-state index is 13.2. The molecule has 9 nitrogen and oxygen atoms in total. The van der Waals surface area contributed by atoms with Crippen LogP contribution < -0.4 is 10.6 Å². The summed E-state index contributed by atoms with van der Waals surface area (Å²) in [6.45, 7) is 1.09. The van der Waals surface area contributed by atoms with Crippen LogP contribution in [-0.2, 0) is 15.1 Å². The molecule has 30 heavy (non-hydrogen) atoms. The fourth-order valence-corrected chi connectivity index (χ4v) is 3.42. The fourth-order valence-electron chi connectivity index (χ4n) is 3.20. The number of anilines is 1. The second-order valence-corrected chi connectivity index (χ2v) is 6.96. The molecule has 0 saturated carbocycles. The summed E-state index contributed by atoms with van der Waals surface area (Å²) >= 11 is 5.94. The molecule has 0 spiro atoms. The van der Waals surface area contributed by atoms with E-state index < -0.39 is 40.7 Å². The second-order valence-electron chi connectivity index (χ2n) is 6.56. The van der Waals surface area contributed by atoms with E-state index in [0.717, 1.165) is 17.0 Å². The van der Waals surface area contributed by atoms with Crippen molar-refractivity contribution in [3.05, 3.63) is 69.0 Å². The Morgan fingerprint density at radius 3 is 2.50 bits per heavy atom. The predicted octanol–water partition coefficient (Wildman–Crippen LogP) is 3.18. The number of halogens is 2. The van der Waals surface area contributed by atoms with E-state index in [9.17, 15) is 28.9 Å². The van der Waals surface area contributed by atoms with Crippen LogP contribution in [0.2, 0.25) is 5.02 Å². The molecule has 0 aliphatic carbocycles. The number of nitrogens with zero attached hydrogens (tertiary/aromatic N) is 2. The van der Waals surface area contributed by atoms with Crippen LogP contribution in [0, 0.1) is 15.9 Å². The van der Waals surface area contributed by atoms with Gasteiger partial charge in [0.2, 0.25) is 5.91 Å². The lowest BCUT2D eigenvalue weighted by atomic mass is 9.87. The van der Waals surface area contributed by atoms with Crippen LogP contribution in [0.1, 0.15) is 18.9 Å². The lowest BCUT2D eigenvalue weighted by molar-refractivity contribution is -0.384. The van der Waals surface area contributed by atoms with Crippen molar-refractivity contribution in [2.75, 3.05) is 11.9 Å². The van der Waals surface area contributed by atoms with Gasteiger partial charge in [0.1, 0.15) is 17.9 Å². The van der Waals surface area contributed by atoms with Crippen molar-refractivity contribution in [3.8, 4) is 0 Å². The monoisotopic (exact) mass is 434 g/mol. The highest BCUT2D eigenvalue weighted by molar-refractivity contribution is 6.34. The van der Waals surface area contributed by atoms with Crippen LogP contribution in [0.3, 0.4) is 0 Å². The minimum absolute atomic E-state index is 0.0658. The topological polar surface area (TPSA) is 122 Å². The Morgan fingerprint density at radius 1 is 1.27 bits per heavy atom. The molecule has 1 aliphatic heterocycles. The smallest absolute Gasteiger partial charge is 0.323 e. The van der Waals surface area contributed by atoms with Gasteiger partial charge in [-0.25, -0.2) is 9.18 Å². The van der Waals surface area contributed by atoms with Crippen LogP contribution in [0.5, 0.6) is 0 Å². The van der Waals surface area contributed by atoms with E-state index in [2.05, 4.69) is 10.6 Å². The Bertz CT molecular complexity index is 1050. The van der Waals surface area contributed by atoms with Crippen molar-refractivity contribution in [3.63, 3.8) is 0 Å². The Kier molecular flexibility index (Phi) is 5.70. The molecule has 2 N–H and O–H groups in total. The number of urea groups is 1. The molecular formula is C19H16ClFN4O5. The fraction of sp³-hybridized carbons (Fsp3) is 0.211. The largest absolute Gasteiger partial charge is 0.325 e. The van der Waals surface area contributed by atoms with Gasteiger partial charge >= 0.3 is 6.03 Å². The molecule has 1 heterocycles. The van der Waals surface area contributed by atoms with E-state index in [-0.39, 0.29) is 22.8 Å². The number of non-ortho nitro benzene ring substituents is 1. The first kappa shape index (κ1) is 21.2. The number of nitro benzene ring substituents is 1. The zero-order valence-electron chi connectivity index (χ0n) is 15.6. The summed E-state index contributed by atoms with van der Waals surface area (Å²) in [5.41, 5.74) is -1.17. The minimum Gasteiger partial charge on any atom is -0.323 e. The van der Waals surface area contributed by atoms with Crippen molar-refractivity contribution in [1.29, 1.82) is 0 Å². The average molecular weight is 435 g/mol. The number of hydrogen-bond acceptors (Lipinski definition) is 5. The predicted molar refractivity (Wildman–Crippen MR) is 105 cm³/mol. The van der Waals surface area contributed by atoms with Crippen LogP contribution in [0.4, 0.5) is 20.6 Å². The van der Waals surface area contributed by atoms with Gasteiger partial charge in [0.15, 0.2) is 0 Å². The number of nitro groups is 1. The average Bonchev–Trinajstić information content (AvgIpc) is 2.95. The number of amides is 4. The molecule has 2 aromatic carbocycles. The van der Waals surface area contributed by atoms with Gasteiger partial charge in [0, 0.05) is 12.1 Å². The Labute approximate surface area is 175 Å². The van der Waals surface area contributed by atoms with E-state index in [1.807, 2.05) is 0 Å². The van der Waals surface area contributed by atoms with Gasteiger partial charge in [0.05, 0.1) is 15.6 Å². The Balaban J connectivity index is 1.77. The first-order valence-corrected chi connectivity index (χ1v) is 9.19. The van der Waals surface area contributed by atoms with Gasteiger partial charge in [-0.05, 0) is 30.2 Å². The van der Waals surface area contributed by atoms with Gasteiger partial charge in [0.25, 0.3) is 11.6 Å². The minimum atomic E-state index is -1.41. The molecular weight excluding hydrogens is 419 g/mol. The molecule has 156 valence electrons. The molecule has 1 saturated heterocycles. The molecule has 0 aromatic heterocycles. The highest BCUT2D eigenvalue weighted by Crippen LogP contribution is 2.33. The number of imide groups is 1. The van der Waals surface area contributed by atoms with Gasteiger partial charge in [-0.15, -0.1) is 0 Å². The number of rotatable bonds is 6. The molecule has 2 aromatic rings. The second kappa shape index (κ2) is 8.07. The van der Waals surface area contributed by atoms with E-state index in [1.165, 1.54) is 30.3 Å². The van der Waals surface area contributed by atoms with Crippen molar-refractivity contribution < 1.29 is 23.7 Å². The molecule has 4 amide bonds. The third-order valence-corrected chi connectivity index (χ3v) is 5.10. The van der Waals surface area contributed by atoms with E-state index in [0.29, 0.717) is 5.56 Å². The number of benzene rings is 2. The molecule has 1 fully saturated rings. The van der Waals surface area contributed by atoms with Crippen LogP contribution in [0.15, 0.2) is 42.5 Å². The van der Waals surface area contributed by atoms with Crippen LogP contribution >= 0.6 is 11.6 Å². The first-order chi connectivity index (χ1) is 14.2. The summed E-state index contributed by atoms with van der Waals surface area (Å²) in [6.07, 6.45) is 0.190. The Hall–Kier alpha value is -3.53. The van der Waals surface area contributed by atoms with E-state index in [4.69, 9.17) is 11.6 Å². The summed E-state index contributed by atoms with van der Waals surface area (Å²) in [4.78, 5) is 48.7. The molecule has 11 heteroatoms. The van der Waals surface area contributed by atoms with Gasteiger partial charge in [-0.3, -0.25) is 24.6 Å². The van der Waals surface area contributed by atoms with Crippen molar-refractivity contribution >= 4 is 40.8 Å². The summed E-state index contributed by atoms with van der Waals surface area (Å²) < 4.78 is 13.2. The van der Waals surface area contributed by atoms with E-state index in [1.54, 1.807) is 6.92 Å². The summed E-state index contributed by atoms with van der Waals surface area (Å²) in [7, 11) is 0. The standard InChI is InChI=1S/C19H16ClFN4O5/c1-2-19(11-3-5-12(21)6-4-11)17(27)24(18(28)23-19)10-16(26)22-15-8-7-13(25(29)30)9-14(15)20/h3-9H,2,10H2,1H3,(H,22,26)(H,23,28). The Morgan fingerprint density at radius 2 is 1.93 bits per heavy atom. The molecule has 0 radical (unpaired) electrons. The normalized spacial score (nSPS) is 18.3. The summed E-state index contributed by atoms with van der Waals surface area (Å²) in [5, 5.41) is 15.7. The summed E-state index contributed by atoms with van der Waals surface area (Å²) in [5.74, 6) is -1.86. The van der Waals surface area contributed by atoms with Gasteiger partial charge in [-0.2, -0.15) is 0 Å². The zero-order chi connectivity index (χ0) is 22.1. The lowest BCUT2D eigenvalue weighted by Crippen LogP contribution is -2.44. The molecule has 0 bridgehead atoms. The first-order valence-electron chi connectivity index (χ1n) is 8.82. The molecule has 1 aliphatic rings. The third-order valence-electron chi connectivity index (χ3n) is 4.78. The lowest BCUT2D eigenvalue weighted by Gasteiger charge is -2.25. The maximum Gasteiger partial charge on any atom is 0.325 e. The number of carbonyl (C=O) groups excluding carboxylic acids is 3. The third kappa shape index (κ3) is 3.81. The van der Waals surface area contributed by atoms with E-state index >= 15 is 0 Å². The maximum absolute atomic E-state index is 13.2. The van der Waals surface area contributed by atoms with Gasteiger partial charge < -0.3 is 10.6 Å². The highest BCUT2D eigenvalue weighted by atomic mass is 35.5. The van der Waals surface area contributed by atoms with Crippen molar-refractivity contribution in [1.82, 2.24) is 10.2 Å². The SMILES string of the molecule is CCC1(c2ccc(F)cc2)NC(=O)N(CC(=O)Nc2ccc([N+](=O)[O-])cc2Cl)C1=O. The van der Waals surface area contributed by atoms with Crippen molar-refractivity contribution in [2.45, 2.75) is 18.9 Å². The number of nitrogens with one attached hydrogen (secondary N) is 2. The zero-order valence-corrected chi connectivity index (χ0v) is 16.4. The van der Waals surface area contributed by atoms with Crippen LogP contribution in [-0.4, -0.2) is 34.2 Å².